The molecule has 0 aromatic heterocycles. The number of benzene rings is 1. The van der Waals surface area contributed by atoms with Crippen molar-refractivity contribution in [1.82, 2.24) is 4.90 Å². The molecule has 1 saturated carbocycles. The van der Waals surface area contributed by atoms with Crippen LogP contribution in [0.4, 0.5) is 0 Å². The van der Waals surface area contributed by atoms with Gasteiger partial charge in [-0.3, -0.25) is 4.90 Å². The van der Waals surface area contributed by atoms with Gasteiger partial charge in [-0.05, 0) is 36.3 Å². The lowest BCUT2D eigenvalue weighted by Gasteiger charge is -2.36. The molecule has 0 aliphatic heterocycles. The smallest absolute Gasteiger partial charge is 0.0372 e. The predicted octanol–water partition coefficient (Wildman–Crippen LogP) is 4.03. The fourth-order valence-electron chi connectivity index (χ4n) is 4.15. The van der Waals surface area contributed by atoms with Crippen molar-refractivity contribution in [2.45, 2.75) is 64.1 Å². The minimum absolute atomic E-state index is 0.229. The Morgan fingerprint density at radius 3 is 2.45 bits per heavy atom. The highest BCUT2D eigenvalue weighted by Gasteiger charge is 2.36. The van der Waals surface area contributed by atoms with E-state index in [2.05, 4.69) is 43.0 Å². The maximum Gasteiger partial charge on any atom is 0.0372 e. The molecule has 2 aliphatic carbocycles. The molecule has 2 N–H and O–H groups in total. The Morgan fingerprint density at radius 2 is 1.80 bits per heavy atom. The van der Waals surface area contributed by atoms with Crippen molar-refractivity contribution >= 4 is 0 Å². The van der Waals surface area contributed by atoms with E-state index in [9.17, 15) is 0 Å². The molecule has 0 spiro atoms. The van der Waals surface area contributed by atoms with Crippen LogP contribution in [-0.4, -0.2) is 17.5 Å². The first kappa shape index (κ1) is 14.1. The average Bonchev–Trinajstić information content (AvgIpc) is 3.05. The second-order valence-corrected chi connectivity index (χ2v) is 7.02. The lowest BCUT2D eigenvalue weighted by Crippen LogP contribution is -2.38. The molecule has 2 unspecified atom stereocenters. The molecular formula is C18H28N2. The number of hydrogen-bond donors (Lipinski definition) is 1. The van der Waals surface area contributed by atoms with E-state index < -0.39 is 0 Å². The van der Waals surface area contributed by atoms with Crippen LogP contribution < -0.4 is 5.73 Å². The van der Waals surface area contributed by atoms with Crippen molar-refractivity contribution in [1.29, 1.82) is 0 Å². The molecule has 1 aromatic rings. The fourth-order valence-corrected chi connectivity index (χ4v) is 4.15. The van der Waals surface area contributed by atoms with Crippen LogP contribution in [-0.2, 0) is 0 Å². The molecule has 0 radical (unpaired) electrons. The third-order valence-electron chi connectivity index (χ3n) is 5.00. The standard InChI is InChI=1S/C18H28N2/c1-13(2)12-20(14-7-3-4-8-14)18-11-17(19)15-9-5-6-10-16(15)18/h5-6,9-10,13-14,17-18H,3-4,7-8,11-12,19H2,1-2H3. The molecule has 0 bridgehead atoms. The Bertz CT molecular complexity index is 448. The Balaban J connectivity index is 1.88. The minimum atomic E-state index is 0.229. The van der Waals surface area contributed by atoms with Gasteiger partial charge >= 0.3 is 0 Å². The monoisotopic (exact) mass is 272 g/mol. The maximum absolute atomic E-state index is 6.38. The zero-order chi connectivity index (χ0) is 14.1. The van der Waals surface area contributed by atoms with Crippen molar-refractivity contribution in [3.63, 3.8) is 0 Å². The summed E-state index contributed by atoms with van der Waals surface area (Å²) in [5.41, 5.74) is 9.25. The number of hydrogen-bond acceptors (Lipinski definition) is 2. The van der Waals surface area contributed by atoms with E-state index in [4.69, 9.17) is 5.73 Å². The van der Waals surface area contributed by atoms with Crippen LogP contribution in [0.1, 0.15) is 69.2 Å². The maximum atomic E-state index is 6.38. The van der Waals surface area contributed by atoms with Crippen molar-refractivity contribution in [3.05, 3.63) is 35.4 Å². The second kappa shape index (κ2) is 5.87. The molecule has 0 heterocycles. The molecule has 1 fully saturated rings. The van der Waals surface area contributed by atoms with Crippen LogP contribution >= 0.6 is 0 Å². The zero-order valence-electron chi connectivity index (χ0n) is 12.9. The van der Waals surface area contributed by atoms with Crippen molar-refractivity contribution in [3.8, 4) is 0 Å². The van der Waals surface area contributed by atoms with Gasteiger partial charge in [0, 0.05) is 24.7 Å². The van der Waals surface area contributed by atoms with E-state index in [0.29, 0.717) is 6.04 Å². The van der Waals surface area contributed by atoms with Gasteiger partial charge in [-0.25, -0.2) is 0 Å². The highest BCUT2D eigenvalue weighted by atomic mass is 15.2. The molecule has 2 aliphatic rings. The van der Waals surface area contributed by atoms with E-state index in [1.807, 2.05) is 0 Å². The van der Waals surface area contributed by atoms with Gasteiger partial charge < -0.3 is 5.73 Å². The topological polar surface area (TPSA) is 29.3 Å². The number of rotatable bonds is 4. The van der Waals surface area contributed by atoms with Gasteiger partial charge in [0.1, 0.15) is 0 Å². The van der Waals surface area contributed by atoms with Gasteiger partial charge in [0.05, 0.1) is 0 Å². The Kier molecular flexibility index (Phi) is 4.13. The summed E-state index contributed by atoms with van der Waals surface area (Å²) in [6, 6.07) is 10.4. The molecule has 20 heavy (non-hydrogen) atoms. The van der Waals surface area contributed by atoms with Crippen molar-refractivity contribution in [2.24, 2.45) is 11.7 Å². The lowest BCUT2D eigenvalue weighted by atomic mass is 10.0. The molecule has 2 heteroatoms. The van der Waals surface area contributed by atoms with Gasteiger partial charge in [-0.15, -0.1) is 0 Å². The lowest BCUT2D eigenvalue weighted by molar-refractivity contribution is 0.115. The van der Waals surface area contributed by atoms with Crippen LogP contribution in [0.3, 0.4) is 0 Å². The van der Waals surface area contributed by atoms with Crippen LogP contribution in [0.15, 0.2) is 24.3 Å². The first-order valence-corrected chi connectivity index (χ1v) is 8.27. The van der Waals surface area contributed by atoms with Crippen molar-refractivity contribution in [2.75, 3.05) is 6.54 Å². The number of nitrogens with two attached hydrogens (primary N) is 1. The molecule has 1 aromatic carbocycles. The summed E-state index contributed by atoms with van der Waals surface area (Å²) in [4.78, 5) is 2.78. The van der Waals surface area contributed by atoms with Gasteiger partial charge in [-0.1, -0.05) is 51.0 Å². The summed E-state index contributed by atoms with van der Waals surface area (Å²) in [7, 11) is 0. The number of fused-ring (bicyclic) bond motifs is 1. The highest BCUT2D eigenvalue weighted by molar-refractivity contribution is 5.37. The summed E-state index contributed by atoms with van der Waals surface area (Å²) in [6.07, 6.45) is 6.66. The van der Waals surface area contributed by atoms with Gasteiger partial charge in [0.25, 0.3) is 0 Å². The third-order valence-corrected chi connectivity index (χ3v) is 5.00. The average molecular weight is 272 g/mol. The van der Waals surface area contributed by atoms with E-state index in [1.54, 1.807) is 0 Å². The van der Waals surface area contributed by atoms with E-state index in [-0.39, 0.29) is 6.04 Å². The van der Waals surface area contributed by atoms with E-state index >= 15 is 0 Å². The summed E-state index contributed by atoms with van der Waals surface area (Å²) in [6.45, 7) is 5.88. The van der Waals surface area contributed by atoms with Crippen LogP contribution in [0.5, 0.6) is 0 Å². The van der Waals surface area contributed by atoms with Crippen LogP contribution in [0.25, 0.3) is 0 Å². The van der Waals surface area contributed by atoms with Crippen molar-refractivity contribution < 1.29 is 0 Å². The minimum Gasteiger partial charge on any atom is -0.324 e. The summed E-state index contributed by atoms with van der Waals surface area (Å²) >= 11 is 0. The van der Waals surface area contributed by atoms with Crippen LogP contribution in [0, 0.1) is 5.92 Å². The van der Waals surface area contributed by atoms with Crippen LogP contribution in [0.2, 0.25) is 0 Å². The molecule has 2 nitrogen and oxygen atoms in total. The van der Waals surface area contributed by atoms with Gasteiger partial charge in [0.2, 0.25) is 0 Å². The summed E-state index contributed by atoms with van der Waals surface area (Å²) < 4.78 is 0. The molecule has 2 atom stereocenters. The normalized spacial score (nSPS) is 26.6. The Hall–Kier alpha value is -0.860. The summed E-state index contributed by atoms with van der Waals surface area (Å²) in [5, 5.41) is 0. The molecule has 0 amide bonds. The highest BCUT2D eigenvalue weighted by Crippen LogP contribution is 2.43. The molecule has 0 saturated heterocycles. The molecule has 3 rings (SSSR count). The largest absolute Gasteiger partial charge is 0.324 e. The fraction of sp³-hybridized carbons (Fsp3) is 0.667. The zero-order valence-corrected chi connectivity index (χ0v) is 12.9. The quantitative estimate of drug-likeness (QED) is 0.896. The molecule has 110 valence electrons. The first-order valence-electron chi connectivity index (χ1n) is 8.27. The summed E-state index contributed by atoms with van der Waals surface area (Å²) in [5.74, 6) is 0.722. The third kappa shape index (κ3) is 2.64. The number of nitrogens with zero attached hydrogens (tertiary/aromatic N) is 1. The molecular weight excluding hydrogens is 244 g/mol. The predicted molar refractivity (Wildman–Crippen MR) is 84.5 cm³/mol. The van der Waals surface area contributed by atoms with Gasteiger partial charge in [-0.2, -0.15) is 0 Å². The first-order chi connectivity index (χ1) is 9.66. The SMILES string of the molecule is CC(C)CN(C1CCCC1)C1CC(N)c2ccccc21. The second-order valence-electron chi connectivity index (χ2n) is 7.02. The van der Waals surface area contributed by atoms with Gasteiger partial charge in [0.15, 0.2) is 0 Å². The van der Waals surface area contributed by atoms with E-state index in [1.165, 1.54) is 43.4 Å². The van der Waals surface area contributed by atoms with E-state index in [0.717, 1.165) is 18.4 Å². The Morgan fingerprint density at radius 1 is 1.15 bits per heavy atom. The Labute approximate surface area is 123 Å².